The highest BCUT2D eigenvalue weighted by Gasteiger charge is 2.18. The second-order valence-corrected chi connectivity index (χ2v) is 6.12. The van der Waals surface area contributed by atoms with Crippen molar-refractivity contribution in [1.82, 2.24) is 9.97 Å². The Balaban J connectivity index is 2.36. The Morgan fingerprint density at radius 2 is 2.00 bits per heavy atom. The van der Waals surface area contributed by atoms with Crippen LogP contribution in [0.4, 0.5) is 11.6 Å². The fourth-order valence-electron chi connectivity index (χ4n) is 1.53. The lowest BCUT2D eigenvalue weighted by Crippen LogP contribution is -2.15. The van der Waals surface area contributed by atoms with Gasteiger partial charge in [0.05, 0.1) is 5.02 Å². The van der Waals surface area contributed by atoms with E-state index in [1.165, 1.54) is 18.5 Å². The van der Waals surface area contributed by atoms with Crippen LogP contribution >= 0.6 is 11.6 Å². The number of nitrogens with zero attached hydrogens (tertiary/aromatic N) is 2. The summed E-state index contributed by atoms with van der Waals surface area (Å²) < 4.78 is 26.9. The van der Waals surface area contributed by atoms with Crippen LogP contribution in [-0.4, -0.2) is 25.4 Å². The first-order chi connectivity index (χ1) is 9.44. The first-order valence-corrected chi connectivity index (χ1v) is 7.58. The summed E-state index contributed by atoms with van der Waals surface area (Å²) in [4.78, 5) is 7.91. The van der Waals surface area contributed by atoms with Crippen LogP contribution in [0.5, 0.6) is 0 Å². The molecule has 8 heteroatoms. The molecule has 106 valence electrons. The Bertz CT molecular complexity index is 734. The van der Waals surface area contributed by atoms with Crippen LogP contribution in [0, 0.1) is 6.92 Å². The number of sulfonamides is 1. The number of rotatable bonds is 4. The highest BCUT2D eigenvalue weighted by Crippen LogP contribution is 2.23. The van der Waals surface area contributed by atoms with Gasteiger partial charge in [-0.1, -0.05) is 17.7 Å². The van der Waals surface area contributed by atoms with Crippen molar-refractivity contribution in [3.05, 3.63) is 41.2 Å². The molecule has 0 saturated heterocycles. The third kappa shape index (κ3) is 3.00. The van der Waals surface area contributed by atoms with E-state index in [1.54, 1.807) is 26.1 Å². The van der Waals surface area contributed by atoms with Gasteiger partial charge in [0, 0.05) is 19.4 Å². The summed E-state index contributed by atoms with van der Waals surface area (Å²) in [5, 5.41) is 2.99. The Morgan fingerprint density at radius 1 is 1.25 bits per heavy atom. The van der Waals surface area contributed by atoms with E-state index in [1.807, 2.05) is 0 Å². The molecule has 0 aromatic carbocycles. The van der Waals surface area contributed by atoms with E-state index >= 15 is 0 Å². The van der Waals surface area contributed by atoms with Gasteiger partial charge in [0.2, 0.25) is 0 Å². The molecular weight excluding hydrogens is 300 g/mol. The van der Waals surface area contributed by atoms with Gasteiger partial charge in [0.15, 0.2) is 0 Å². The van der Waals surface area contributed by atoms with Gasteiger partial charge in [0.1, 0.15) is 16.5 Å². The van der Waals surface area contributed by atoms with Crippen LogP contribution in [0.2, 0.25) is 5.02 Å². The van der Waals surface area contributed by atoms with E-state index in [4.69, 9.17) is 11.6 Å². The molecule has 0 radical (unpaired) electrons. The van der Waals surface area contributed by atoms with Crippen molar-refractivity contribution in [2.24, 2.45) is 0 Å². The molecule has 0 bridgehead atoms. The average molecular weight is 313 g/mol. The van der Waals surface area contributed by atoms with E-state index < -0.39 is 10.0 Å². The molecule has 0 atom stereocenters. The number of pyridine rings is 2. The lowest BCUT2D eigenvalue weighted by atomic mass is 10.3. The minimum atomic E-state index is -3.77. The molecule has 0 aliphatic rings. The van der Waals surface area contributed by atoms with Gasteiger partial charge in [0.25, 0.3) is 10.0 Å². The second-order valence-electron chi connectivity index (χ2n) is 4.03. The molecule has 2 heterocycles. The van der Waals surface area contributed by atoms with Gasteiger partial charge in [-0.15, -0.1) is 0 Å². The maximum Gasteiger partial charge on any atom is 0.264 e. The molecule has 2 rings (SSSR count). The number of hydrogen-bond acceptors (Lipinski definition) is 5. The lowest BCUT2D eigenvalue weighted by Gasteiger charge is -2.10. The first kappa shape index (κ1) is 14.5. The Hall–Kier alpha value is -1.86. The number of anilines is 2. The summed E-state index contributed by atoms with van der Waals surface area (Å²) in [6, 6.07) is 4.83. The Morgan fingerprint density at radius 3 is 2.60 bits per heavy atom. The smallest absolute Gasteiger partial charge is 0.264 e. The molecule has 0 spiro atoms. The molecule has 0 aliphatic heterocycles. The fourth-order valence-corrected chi connectivity index (χ4v) is 2.91. The van der Waals surface area contributed by atoms with Gasteiger partial charge in [-0.05, 0) is 24.6 Å². The predicted molar refractivity (Wildman–Crippen MR) is 78.6 cm³/mol. The maximum absolute atomic E-state index is 12.2. The number of aryl methyl sites for hydroxylation is 1. The molecule has 0 unspecified atom stereocenters. The van der Waals surface area contributed by atoms with Crippen molar-refractivity contribution in [3.8, 4) is 0 Å². The average Bonchev–Trinajstić information content (AvgIpc) is 2.41. The van der Waals surface area contributed by atoms with Crippen molar-refractivity contribution >= 4 is 33.3 Å². The number of hydrogen-bond donors (Lipinski definition) is 2. The van der Waals surface area contributed by atoms with Crippen molar-refractivity contribution in [1.29, 1.82) is 0 Å². The molecule has 6 nitrogen and oxygen atoms in total. The molecule has 2 aromatic rings. The molecule has 0 fully saturated rings. The van der Waals surface area contributed by atoms with Crippen molar-refractivity contribution in [3.63, 3.8) is 0 Å². The summed E-state index contributed by atoms with van der Waals surface area (Å²) in [5.74, 6) is 0.695. The molecule has 2 aromatic heterocycles. The third-order valence-corrected chi connectivity index (χ3v) is 4.20. The number of halogens is 1. The van der Waals surface area contributed by atoms with Crippen LogP contribution in [0.25, 0.3) is 0 Å². The summed E-state index contributed by atoms with van der Waals surface area (Å²) in [6.07, 6.45) is 2.75. The Labute approximate surface area is 122 Å². The fraction of sp³-hybridized carbons (Fsp3) is 0.167. The monoisotopic (exact) mass is 312 g/mol. The van der Waals surface area contributed by atoms with Gasteiger partial charge in [-0.3, -0.25) is 4.72 Å². The van der Waals surface area contributed by atoms with E-state index in [9.17, 15) is 8.42 Å². The van der Waals surface area contributed by atoms with Gasteiger partial charge < -0.3 is 5.32 Å². The lowest BCUT2D eigenvalue weighted by molar-refractivity contribution is 0.600. The largest absolute Gasteiger partial charge is 0.372 e. The minimum Gasteiger partial charge on any atom is -0.372 e. The predicted octanol–water partition coefficient (Wildman–Crippen LogP) is 2.28. The minimum absolute atomic E-state index is 0.0217. The zero-order valence-corrected chi connectivity index (χ0v) is 12.5. The van der Waals surface area contributed by atoms with E-state index in [0.29, 0.717) is 5.82 Å². The van der Waals surface area contributed by atoms with Crippen molar-refractivity contribution in [2.75, 3.05) is 17.1 Å². The molecule has 0 aliphatic carbocycles. The normalized spacial score (nSPS) is 11.2. The van der Waals surface area contributed by atoms with Crippen LogP contribution < -0.4 is 10.0 Å². The molecule has 0 saturated carbocycles. The van der Waals surface area contributed by atoms with Gasteiger partial charge in [-0.25, -0.2) is 18.4 Å². The molecule has 2 N–H and O–H groups in total. The van der Waals surface area contributed by atoms with Gasteiger partial charge >= 0.3 is 0 Å². The summed E-state index contributed by atoms with van der Waals surface area (Å²) in [7, 11) is -2.12. The first-order valence-electron chi connectivity index (χ1n) is 5.72. The highest BCUT2D eigenvalue weighted by atomic mass is 35.5. The van der Waals surface area contributed by atoms with Crippen LogP contribution in [0.15, 0.2) is 35.5 Å². The molecule has 0 amide bonds. The van der Waals surface area contributed by atoms with E-state index in [0.717, 1.165) is 5.56 Å². The Kier molecular flexibility index (Phi) is 4.10. The quantitative estimate of drug-likeness (QED) is 0.905. The molecular formula is C12H13ClN4O2S. The molecule has 20 heavy (non-hydrogen) atoms. The van der Waals surface area contributed by atoms with Gasteiger partial charge in [-0.2, -0.15) is 0 Å². The number of aromatic nitrogens is 2. The number of nitrogens with one attached hydrogen (secondary N) is 2. The zero-order valence-electron chi connectivity index (χ0n) is 10.9. The third-order valence-electron chi connectivity index (χ3n) is 2.60. The maximum atomic E-state index is 12.2. The van der Waals surface area contributed by atoms with Crippen LogP contribution in [0.1, 0.15) is 5.56 Å². The van der Waals surface area contributed by atoms with Crippen molar-refractivity contribution in [2.45, 2.75) is 11.8 Å². The SMILES string of the molecule is CNc1ncc(S(=O)(=O)Nc2ncccc2C)cc1Cl. The van der Waals surface area contributed by atoms with Crippen molar-refractivity contribution < 1.29 is 8.42 Å². The summed E-state index contributed by atoms with van der Waals surface area (Å²) in [5.41, 5.74) is 0.724. The van der Waals surface area contributed by atoms with Crippen LogP contribution in [0.3, 0.4) is 0 Å². The summed E-state index contributed by atoms with van der Waals surface area (Å²) in [6.45, 7) is 1.76. The highest BCUT2D eigenvalue weighted by molar-refractivity contribution is 7.92. The standard InChI is InChI=1S/C12H13ClN4O2S/c1-8-4-3-5-15-11(8)17-20(18,19)9-6-10(13)12(14-2)16-7-9/h3-7H,1-2H3,(H,14,16)(H,15,17). The van der Waals surface area contributed by atoms with Crippen LogP contribution in [-0.2, 0) is 10.0 Å². The summed E-state index contributed by atoms with van der Waals surface area (Å²) >= 11 is 5.94. The topological polar surface area (TPSA) is 84.0 Å². The zero-order chi connectivity index (χ0) is 14.8. The second kappa shape index (κ2) is 5.64. The van der Waals surface area contributed by atoms with E-state index in [2.05, 4.69) is 20.0 Å². The van der Waals surface area contributed by atoms with E-state index in [-0.39, 0.29) is 15.7 Å².